The smallest absolute Gasteiger partial charge is 0.217 e. The van der Waals surface area contributed by atoms with Crippen molar-refractivity contribution in [2.24, 2.45) is 0 Å². The molecule has 1 fully saturated rings. The minimum absolute atomic E-state index is 0.390. The number of rotatable bonds is 19. The van der Waals surface area contributed by atoms with Gasteiger partial charge in [-0.15, -0.1) is 11.6 Å². The van der Waals surface area contributed by atoms with E-state index in [-0.39, 0.29) is 0 Å². The summed E-state index contributed by atoms with van der Waals surface area (Å²) in [6.07, 6.45) is 29.2. The SMILES string of the molecule is O=[C]C(Cl)CCCCCCCCCCCCCCCCOC1CC[CH]CC1. The first-order chi connectivity index (χ1) is 13.3. The summed E-state index contributed by atoms with van der Waals surface area (Å²) in [5.41, 5.74) is 0. The topological polar surface area (TPSA) is 26.3 Å². The van der Waals surface area contributed by atoms with Gasteiger partial charge in [-0.2, -0.15) is 0 Å². The third kappa shape index (κ3) is 16.6. The quantitative estimate of drug-likeness (QED) is 0.164. The number of unbranched alkanes of at least 4 members (excludes halogenated alkanes) is 13. The zero-order valence-electron chi connectivity index (χ0n) is 17.6. The van der Waals surface area contributed by atoms with E-state index >= 15 is 0 Å². The first-order valence-electron chi connectivity index (χ1n) is 11.8. The summed E-state index contributed by atoms with van der Waals surface area (Å²) in [5, 5.41) is -0.390. The molecule has 27 heavy (non-hydrogen) atoms. The van der Waals surface area contributed by atoms with Gasteiger partial charge in [0, 0.05) is 6.61 Å². The molecule has 0 aromatic heterocycles. The molecular formula is C24H43ClO2. The lowest BCUT2D eigenvalue weighted by Crippen LogP contribution is -2.17. The Morgan fingerprint density at radius 1 is 0.778 bits per heavy atom. The van der Waals surface area contributed by atoms with E-state index in [9.17, 15) is 4.79 Å². The summed E-state index contributed by atoms with van der Waals surface area (Å²) in [5.74, 6) is 0. The highest BCUT2D eigenvalue weighted by atomic mass is 35.5. The maximum atomic E-state index is 10.3. The van der Waals surface area contributed by atoms with Crippen LogP contribution in [0.15, 0.2) is 0 Å². The van der Waals surface area contributed by atoms with Gasteiger partial charge in [0.25, 0.3) is 0 Å². The van der Waals surface area contributed by atoms with Gasteiger partial charge in [-0.05, 0) is 44.9 Å². The third-order valence-corrected chi connectivity index (χ3v) is 6.03. The second-order valence-corrected chi connectivity index (χ2v) is 8.79. The maximum absolute atomic E-state index is 10.3. The lowest BCUT2D eigenvalue weighted by atomic mass is 9.98. The molecule has 1 aliphatic rings. The molecule has 2 nitrogen and oxygen atoms in total. The molecule has 0 aromatic rings. The van der Waals surface area contributed by atoms with Crippen LogP contribution in [-0.4, -0.2) is 24.4 Å². The zero-order valence-corrected chi connectivity index (χ0v) is 18.3. The third-order valence-electron chi connectivity index (χ3n) is 5.72. The molecule has 3 heteroatoms. The number of halogens is 1. The summed E-state index contributed by atoms with van der Waals surface area (Å²) in [6.45, 7) is 0.979. The summed E-state index contributed by atoms with van der Waals surface area (Å²) in [7, 11) is 0. The number of alkyl halides is 1. The van der Waals surface area contributed by atoms with Crippen molar-refractivity contribution >= 4 is 17.9 Å². The molecule has 1 saturated carbocycles. The van der Waals surface area contributed by atoms with E-state index in [4.69, 9.17) is 16.3 Å². The van der Waals surface area contributed by atoms with Gasteiger partial charge in [0.05, 0.1) is 11.5 Å². The molecule has 0 saturated heterocycles. The number of hydrogen-bond acceptors (Lipinski definition) is 2. The van der Waals surface area contributed by atoms with E-state index in [1.165, 1.54) is 109 Å². The van der Waals surface area contributed by atoms with E-state index in [2.05, 4.69) is 6.42 Å². The lowest BCUT2D eigenvalue weighted by molar-refractivity contribution is 0.0326. The van der Waals surface area contributed by atoms with Gasteiger partial charge in [-0.25, -0.2) is 0 Å². The fourth-order valence-electron chi connectivity index (χ4n) is 3.92. The lowest BCUT2D eigenvalue weighted by Gasteiger charge is -2.21. The van der Waals surface area contributed by atoms with Crippen molar-refractivity contribution in [1.29, 1.82) is 0 Å². The molecular weight excluding hydrogens is 356 g/mol. The van der Waals surface area contributed by atoms with Crippen LogP contribution in [0, 0.1) is 6.42 Å². The first kappa shape index (κ1) is 25.0. The second kappa shape index (κ2) is 19.2. The summed E-state index contributed by atoms with van der Waals surface area (Å²) in [4.78, 5) is 10.3. The molecule has 1 unspecified atom stereocenters. The average molecular weight is 399 g/mol. The predicted octanol–water partition coefficient (Wildman–Crippen LogP) is 7.72. The van der Waals surface area contributed by atoms with E-state index in [0.29, 0.717) is 6.10 Å². The van der Waals surface area contributed by atoms with Crippen molar-refractivity contribution in [2.75, 3.05) is 6.61 Å². The molecule has 0 amide bonds. The number of hydrogen-bond donors (Lipinski definition) is 0. The molecule has 1 atom stereocenters. The maximum Gasteiger partial charge on any atom is 0.217 e. The standard InChI is InChI=1S/C24H43ClO2/c25-23(22-26)18-14-11-9-7-5-3-1-2-4-6-8-10-12-17-21-27-24-19-15-13-16-20-24/h13,23-24H,1-12,14-21H2. The second-order valence-electron chi connectivity index (χ2n) is 8.26. The number of carbonyl (C=O) groups excluding carboxylic acids is 1. The highest BCUT2D eigenvalue weighted by Gasteiger charge is 2.12. The Morgan fingerprint density at radius 2 is 1.22 bits per heavy atom. The Bertz CT molecular complexity index is 316. The molecule has 1 aliphatic carbocycles. The monoisotopic (exact) mass is 398 g/mol. The van der Waals surface area contributed by atoms with Gasteiger partial charge >= 0.3 is 0 Å². The molecule has 0 bridgehead atoms. The van der Waals surface area contributed by atoms with Gasteiger partial charge in [0.15, 0.2) is 0 Å². The van der Waals surface area contributed by atoms with Crippen molar-refractivity contribution in [3.63, 3.8) is 0 Å². The predicted molar refractivity (Wildman–Crippen MR) is 117 cm³/mol. The van der Waals surface area contributed by atoms with Crippen LogP contribution in [0.3, 0.4) is 0 Å². The Balaban J connectivity index is 1.67. The first-order valence-corrected chi connectivity index (χ1v) is 12.2. The van der Waals surface area contributed by atoms with Crippen molar-refractivity contribution in [2.45, 2.75) is 133 Å². The summed E-state index contributed by atoms with van der Waals surface area (Å²) < 4.78 is 5.97. The van der Waals surface area contributed by atoms with Crippen LogP contribution in [0.4, 0.5) is 0 Å². The molecule has 0 aliphatic heterocycles. The van der Waals surface area contributed by atoms with Gasteiger partial charge in [-0.1, -0.05) is 83.5 Å². The van der Waals surface area contributed by atoms with Crippen LogP contribution in [0.2, 0.25) is 0 Å². The number of ether oxygens (including phenoxy) is 1. The highest BCUT2D eigenvalue weighted by molar-refractivity contribution is 6.27. The summed E-state index contributed by atoms with van der Waals surface area (Å²) in [6, 6.07) is 0. The van der Waals surface area contributed by atoms with Crippen molar-refractivity contribution in [3.05, 3.63) is 6.42 Å². The molecule has 0 aromatic carbocycles. The van der Waals surface area contributed by atoms with Crippen LogP contribution in [0.1, 0.15) is 122 Å². The van der Waals surface area contributed by atoms with Gasteiger partial charge in [0.1, 0.15) is 0 Å². The van der Waals surface area contributed by atoms with Crippen molar-refractivity contribution < 1.29 is 9.53 Å². The molecule has 0 spiro atoms. The van der Waals surface area contributed by atoms with Crippen molar-refractivity contribution in [1.82, 2.24) is 0 Å². The van der Waals surface area contributed by atoms with E-state index in [0.717, 1.165) is 19.4 Å². The molecule has 0 heterocycles. The normalized spacial score (nSPS) is 16.5. The van der Waals surface area contributed by atoms with E-state index < -0.39 is 5.38 Å². The fraction of sp³-hybridized carbons (Fsp3) is 0.917. The van der Waals surface area contributed by atoms with Crippen LogP contribution in [-0.2, 0) is 9.53 Å². The van der Waals surface area contributed by atoms with E-state index in [1.54, 1.807) is 0 Å². The van der Waals surface area contributed by atoms with Crippen LogP contribution < -0.4 is 0 Å². The largest absolute Gasteiger partial charge is 0.378 e. The average Bonchev–Trinajstić information content (AvgIpc) is 2.70. The van der Waals surface area contributed by atoms with Crippen LogP contribution in [0.25, 0.3) is 0 Å². The summed E-state index contributed by atoms with van der Waals surface area (Å²) >= 11 is 5.73. The van der Waals surface area contributed by atoms with Gasteiger partial charge < -0.3 is 4.74 Å². The van der Waals surface area contributed by atoms with Crippen molar-refractivity contribution in [3.8, 4) is 0 Å². The Morgan fingerprint density at radius 3 is 1.70 bits per heavy atom. The Labute approximate surface area is 174 Å². The minimum atomic E-state index is -0.390. The van der Waals surface area contributed by atoms with E-state index in [1.807, 2.05) is 6.29 Å². The Kier molecular flexibility index (Phi) is 17.8. The molecule has 0 N–H and O–H groups in total. The Hall–Kier alpha value is -0.0800. The van der Waals surface area contributed by atoms with Crippen LogP contribution >= 0.6 is 11.6 Å². The van der Waals surface area contributed by atoms with Gasteiger partial charge in [-0.3, -0.25) is 4.79 Å². The molecule has 1 rings (SSSR count). The zero-order chi connectivity index (χ0) is 19.4. The molecule has 158 valence electrons. The fourth-order valence-corrected chi connectivity index (χ4v) is 4.07. The van der Waals surface area contributed by atoms with Gasteiger partial charge in [0.2, 0.25) is 6.29 Å². The van der Waals surface area contributed by atoms with Crippen LogP contribution in [0.5, 0.6) is 0 Å². The minimum Gasteiger partial charge on any atom is -0.378 e. The highest BCUT2D eigenvalue weighted by Crippen LogP contribution is 2.20. The molecule has 2 radical (unpaired) electrons.